The smallest absolute Gasteiger partial charge is 0.309 e. The molecule has 2 N–H and O–H groups in total. The van der Waals surface area contributed by atoms with E-state index in [-0.39, 0.29) is 18.4 Å². The van der Waals surface area contributed by atoms with Crippen molar-refractivity contribution in [3.05, 3.63) is 64.7 Å². The van der Waals surface area contributed by atoms with Gasteiger partial charge in [0.25, 0.3) is 0 Å². The van der Waals surface area contributed by atoms with Gasteiger partial charge in [0.1, 0.15) is 12.4 Å². The van der Waals surface area contributed by atoms with Gasteiger partial charge in [-0.25, -0.2) is 0 Å². The van der Waals surface area contributed by atoms with Gasteiger partial charge in [0.2, 0.25) is 0 Å². The number of aliphatic hydroxyl groups excluding tert-OH is 1. The number of nitrogens with one attached hydrogen (secondary N) is 1. The summed E-state index contributed by atoms with van der Waals surface area (Å²) in [5.41, 5.74) is 1.58. The van der Waals surface area contributed by atoms with Crippen LogP contribution in [0.5, 0.6) is 5.75 Å². The molecule has 2 aromatic carbocycles. The Morgan fingerprint density at radius 2 is 1.88 bits per heavy atom. The first-order chi connectivity index (χ1) is 12.5. The zero-order chi connectivity index (χ0) is 18.9. The van der Waals surface area contributed by atoms with Crippen LogP contribution in [-0.4, -0.2) is 37.4 Å². The second-order valence-electron chi connectivity index (χ2n) is 6.05. The Morgan fingerprint density at radius 3 is 2.54 bits per heavy atom. The van der Waals surface area contributed by atoms with Gasteiger partial charge in [-0.3, -0.25) is 4.79 Å². The average molecular weight is 378 g/mol. The zero-order valence-electron chi connectivity index (χ0n) is 14.9. The highest BCUT2D eigenvalue weighted by atomic mass is 35.5. The van der Waals surface area contributed by atoms with Gasteiger partial charge < -0.3 is 19.9 Å². The van der Waals surface area contributed by atoms with Crippen LogP contribution < -0.4 is 10.1 Å². The summed E-state index contributed by atoms with van der Waals surface area (Å²) < 4.78 is 10.4. The van der Waals surface area contributed by atoms with Gasteiger partial charge >= 0.3 is 5.97 Å². The summed E-state index contributed by atoms with van der Waals surface area (Å²) >= 11 is 6.09. The zero-order valence-corrected chi connectivity index (χ0v) is 15.7. The molecule has 26 heavy (non-hydrogen) atoms. The molecule has 0 radical (unpaired) electrons. The third-order valence-corrected chi connectivity index (χ3v) is 4.27. The van der Waals surface area contributed by atoms with Gasteiger partial charge in [-0.1, -0.05) is 41.9 Å². The molecule has 2 unspecified atom stereocenters. The minimum Gasteiger partial charge on any atom is -0.492 e. The van der Waals surface area contributed by atoms with Crippen LogP contribution in [0.15, 0.2) is 48.5 Å². The van der Waals surface area contributed by atoms with Crippen LogP contribution >= 0.6 is 11.6 Å². The number of methoxy groups -OCH3 is 1. The number of ether oxygens (including phenoxy) is 2. The van der Waals surface area contributed by atoms with Crippen LogP contribution in [0.25, 0.3) is 0 Å². The number of carbonyl (C=O) groups excluding carboxylic acids is 1. The molecule has 0 saturated heterocycles. The third kappa shape index (κ3) is 6.33. The normalized spacial score (nSPS) is 13.1. The molecule has 0 aromatic heterocycles. The van der Waals surface area contributed by atoms with Crippen molar-refractivity contribution in [3.63, 3.8) is 0 Å². The lowest BCUT2D eigenvalue weighted by atomic mass is 10.1. The number of benzene rings is 2. The van der Waals surface area contributed by atoms with E-state index >= 15 is 0 Å². The van der Waals surface area contributed by atoms with Crippen molar-refractivity contribution in [1.29, 1.82) is 0 Å². The molecule has 5 nitrogen and oxygen atoms in total. The number of hydrogen-bond donors (Lipinski definition) is 2. The summed E-state index contributed by atoms with van der Waals surface area (Å²) in [6.07, 6.45) is -0.432. The van der Waals surface area contributed by atoms with Crippen molar-refractivity contribution in [3.8, 4) is 5.75 Å². The fraction of sp³-hybridized carbons (Fsp3) is 0.350. The average Bonchev–Trinajstić information content (AvgIpc) is 2.65. The maximum Gasteiger partial charge on any atom is 0.309 e. The standard InChI is InChI=1S/C20H24ClNO4/c1-14(22-12-19(23)17-5-3-4-6-18(17)21)13-26-16-9-7-15(8-10-16)11-20(24)25-2/h3-10,14,19,22-23H,11-13H2,1-2H3. The Bertz CT molecular complexity index is 705. The number of rotatable bonds is 9. The first-order valence-corrected chi connectivity index (χ1v) is 8.82. The highest BCUT2D eigenvalue weighted by Gasteiger charge is 2.12. The van der Waals surface area contributed by atoms with Crippen LogP contribution in [0.1, 0.15) is 24.2 Å². The molecule has 2 aromatic rings. The van der Waals surface area contributed by atoms with Crippen LogP contribution in [-0.2, 0) is 16.0 Å². The van der Waals surface area contributed by atoms with E-state index in [9.17, 15) is 9.90 Å². The lowest BCUT2D eigenvalue weighted by Gasteiger charge is -2.18. The van der Waals surface area contributed by atoms with Crippen LogP contribution in [0, 0.1) is 0 Å². The highest BCUT2D eigenvalue weighted by Crippen LogP contribution is 2.22. The van der Waals surface area contributed by atoms with Gasteiger partial charge in [0.05, 0.1) is 19.6 Å². The van der Waals surface area contributed by atoms with Gasteiger partial charge in [0.15, 0.2) is 0 Å². The molecule has 2 atom stereocenters. The number of esters is 1. The van der Waals surface area contributed by atoms with Crippen molar-refractivity contribution >= 4 is 17.6 Å². The molecule has 0 aliphatic rings. The van der Waals surface area contributed by atoms with Crippen molar-refractivity contribution < 1.29 is 19.4 Å². The third-order valence-electron chi connectivity index (χ3n) is 3.92. The van der Waals surface area contributed by atoms with E-state index in [4.69, 9.17) is 16.3 Å². The summed E-state index contributed by atoms with van der Waals surface area (Å²) in [7, 11) is 1.37. The van der Waals surface area contributed by atoms with Crippen molar-refractivity contribution in [2.75, 3.05) is 20.3 Å². The van der Waals surface area contributed by atoms with Gasteiger partial charge in [-0.15, -0.1) is 0 Å². The Balaban J connectivity index is 1.75. The molecule has 0 aliphatic carbocycles. The molecule has 0 bridgehead atoms. The van der Waals surface area contributed by atoms with E-state index in [0.29, 0.717) is 23.7 Å². The van der Waals surface area contributed by atoms with E-state index < -0.39 is 6.10 Å². The van der Waals surface area contributed by atoms with Crippen molar-refractivity contribution in [2.24, 2.45) is 0 Å². The van der Waals surface area contributed by atoms with E-state index in [2.05, 4.69) is 10.1 Å². The molecule has 0 fully saturated rings. The number of carbonyl (C=O) groups is 1. The first-order valence-electron chi connectivity index (χ1n) is 8.44. The maximum absolute atomic E-state index is 11.2. The van der Waals surface area contributed by atoms with Crippen LogP contribution in [0.4, 0.5) is 0 Å². The molecule has 140 valence electrons. The molecule has 6 heteroatoms. The highest BCUT2D eigenvalue weighted by molar-refractivity contribution is 6.31. The second-order valence-corrected chi connectivity index (χ2v) is 6.46. The number of halogens is 1. The predicted octanol–water partition coefficient (Wildman–Crippen LogP) is 3.15. The van der Waals surface area contributed by atoms with E-state index in [0.717, 1.165) is 11.3 Å². The SMILES string of the molecule is COC(=O)Cc1ccc(OCC(C)NCC(O)c2ccccc2Cl)cc1. The predicted molar refractivity (Wildman–Crippen MR) is 102 cm³/mol. The molecule has 0 saturated carbocycles. The topological polar surface area (TPSA) is 67.8 Å². The fourth-order valence-electron chi connectivity index (χ4n) is 2.39. The first kappa shape index (κ1) is 20.2. The largest absolute Gasteiger partial charge is 0.492 e. The van der Waals surface area contributed by atoms with E-state index in [1.54, 1.807) is 6.07 Å². The molecule has 2 rings (SSSR count). The molecule has 0 aliphatic heterocycles. The lowest BCUT2D eigenvalue weighted by Crippen LogP contribution is -2.35. The molecule has 0 spiro atoms. The quantitative estimate of drug-likeness (QED) is 0.657. The van der Waals surface area contributed by atoms with Crippen molar-refractivity contribution in [1.82, 2.24) is 5.32 Å². The minimum atomic E-state index is -0.677. The minimum absolute atomic E-state index is 0.0434. The summed E-state index contributed by atoms with van der Waals surface area (Å²) in [6.45, 7) is 2.81. The maximum atomic E-state index is 11.2. The van der Waals surface area contributed by atoms with Crippen LogP contribution in [0.3, 0.4) is 0 Å². The Morgan fingerprint density at radius 1 is 1.19 bits per heavy atom. The molecule has 0 heterocycles. The van der Waals surface area contributed by atoms with E-state index in [1.165, 1.54) is 7.11 Å². The molecule has 0 amide bonds. The Hall–Kier alpha value is -2.08. The summed E-state index contributed by atoms with van der Waals surface area (Å²) in [4.78, 5) is 11.2. The van der Waals surface area contributed by atoms with E-state index in [1.807, 2.05) is 49.4 Å². The van der Waals surface area contributed by atoms with Gasteiger partial charge in [-0.2, -0.15) is 0 Å². The summed E-state index contributed by atoms with van der Waals surface area (Å²) in [5, 5.41) is 14.0. The number of hydrogen-bond acceptors (Lipinski definition) is 5. The van der Waals surface area contributed by atoms with Gasteiger partial charge in [0, 0.05) is 23.2 Å². The Kier molecular flexibility index (Phi) is 7.91. The van der Waals surface area contributed by atoms with Gasteiger partial charge in [-0.05, 0) is 30.7 Å². The fourth-order valence-corrected chi connectivity index (χ4v) is 2.65. The summed E-state index contributed by atoms with van der Waals surface area (Å²) in [5.74, 6) is 0.451. The lowest BCUT2D eigenvalue weighted by molar-refractivity contribution is -0.139. The van der Waals surface area contributed by atoms with Crippen molar-refractivity contribution in [2.45, 2.75) is 25.5 Å². The Labute approximate surface area is 158 Å². The molecular formula is C20H24ClNO4. The molecular weight excluding hydrogens is 354 g/mol. The van der Waals surface area contributed by atoms with Crippen LogP contribution in [0.2, 0.25) is 5.02 Å². The monoisotopic (exact) mass is 377 g/mol. The second kappa shape index (κ2) is 10.2. The number of aliphatic hydroxyl groups is 1. The summed E-state index contributed by atoms with van der Waals surface area (Å²) in [6, 6.07) is 14.6.